The van der Waals surface area contributed by atoms with Gasteiger partial charge in [0.15, 0.2) is 5.16 Å². The van der Waals surface area contributed by atoms with Crippen molar-refractivity contribution in [3.8, 4) is 5.75 Å². The first-order valence-electron chi connectivity index (χ1n) is 7.72. The molecule has 1 atom stereocenters. The Balaban J connectivity index is 1.59. The minimum Gasteiger partial charge on any atom is -0.491 e. The molecule has 0 fully saturated rings. The number of rotatable bonds is 6. The topological polar surface area (TPSA) is 72.5 Å². The molecule has 24 heavy (non-hydrogen) atoms. The second-order valence-corrected chi connectivity index (χ2v) is 6.74. The lowest BCUT2D eigenvalue weighted by Gasteiger charge is -2.12. The van der Waals surface area contributed by atoms with Gasteiger partial charge in [-0.3, -0.25) is 4.40 Å². The number of aliphatic hydroxyl groups excluding tert-OH is 1. The molecule has 0 aliphatic heterocycles. The summed E-state index contributed by atoms with van der Waals surface area (Å²) in [6.45, 7) is 6.17. The fraction of sp³-hybridized carbons (Fsp3) is 0.353. The fourth-order valence-corrected chi connectivity index (χ4v) is 3.30. The van der Waals surface area contributed by atoms with Crippen LogP contribution in [0.5, 0.6) is 5.75 Å². The minimum atomic E-state index is -0.596. The van der Waals surface area contributed by atoms with Gasteiger partial charge in [0, 0.05) is 17.1 Å². The Morgan fingerprint density at radius 1 is 1.21 bits per heavy atom. The standard InChI is InChI=1S/C17H20N4O2S/c1-11-5-4-6-15(7-11)23-9-14(22)10-24-17-20-19-16-18-12(2)8-13(3)21(16)17/h4-8,14,22H,9-10H2,1-3H3/t14-/m0/s1. The number of aryl methyl sites for hydroxylation is 3. The highest BCUT2D eigenvalue weighted by Gasteiger charge is 2.13. The Morgan fingerprint density at radius 3 is 2.83 bits per heavy atom. The Morgan fingerprint density at radius 2 is 2.04 bits per heavy atom. The molecule has 0 saturated carbocycles. The van der Waals surface area contributed by atoms with Crippen LogP contribution in [0.15, 0.2) is 35.5 Å². The molecule has 0 aliphatic carbocycles. The molecule has 0 saturated heterocycles. The van der Waals surface area contributed by atoms with Crippen molar-refractivity contribution in [2.24, 2.45) is 0 Å². The van der Waals surface area contributed by atoms with E-state index in [-0.39, 0.29) is 6.61 Å². The summed E-state index contributed by atoms with van der Waals surface area (Å²) in [4.78, 5) is 4.36. The molecule has 0 spiro atoms. The highest BCUT2D eigenvalue weighted by molar-refractivity contribution is 7.99. The smallest absolute Gasteiger partial charge is 0.256 e. The maximum Gasteiger partial charge on any atom is 0.256 e. The lowest BCUT2D eigenvalue weighted by atomic mass is 10.2. The van der Waals surface area contributed by atoms with Gasteiger partial charge >= 0.3 is 0 Å². The quantitative estimate of drug-likeness (QED) is 0.693. The third-order valence-electron chi connectivity index (χ3n) is 3.50. The monoisotopic (exact) mass is 344 g/mol. The van der Waals surface area contributed by atoms with E-state index in [0.29, 0.717) is 11.5 Å². The summed E-state index contributed by atoms with van der Waals surface area (Å²) in [6, 6.07) is 9.76. The molecule has 1 N–H and O–H groups in total. The largest absolute Gasteiger partial charge is 0.491 e. The third-order valence-corrected chi connectivity index (χ3v) is 4.57. The van der Waals surface area contributed by atoms with Crippen molar-refractivity contribution >= 4 is 17.5 Å². The molecule has 3 rings (SSSR count). The predicted molar refractivity (Wildman–Crippen MR) is 93.7 cm³/mol. The normalized spacial score (nSPS) is 12.5. The first kappa shape index (κ1) is 16.7. The van der Waals surface area contributed by atoms with Gasteiger partial charge in [-0.2, -0.15) is 0 Å². The lowest BCUT2D eigenvalue weighted by molar-refractivity contribution is 0.126. The van der Waals surface area contributed by atoms with Gasteiger partial charge in [-0.25, -0.2) is 4.98 Å². The molecule has 0 aliphatic rings. The van der Waals surface area contributed by atoms with E-state index in [2.05, 4.69) is 15.2 Å². The number of fused-ring (bicyclic) bond motifs is 1. The molecule has 0 radical (unpaired) electrons. The van der Waals surface area contributed by atoms with Crippen molar-refractivity contribution in [3.63, 3.8) is 0 Å². The molecule has 6 nitrogen and oxygen atoms in total. The summed E-state index contributed by atoms with van der Waals surface area (Å²) < 4.78 is 7.52. The molecular weight excluding hydrogens is 324 g/mol. The number of benzene rings is 1. The number of hydrogen-bond donors (Lipinski definition) is 1. The van der Waals surface area contributed by atoms with Crippen molar-refractivity contribution in [2.45, 2.75) is 32.0 Å². The molecule has 7 heteroatoms. The molecule has 2 heterocycles. The van der Waals surface area contributed by atoms with Gasteiger partial charge in [0.1, 0.15) is 12.4 Å². The number of aromatic nitrogens is 4. The first-order chi connectivity index (χ1) is 11.5. The van der Waals surface area contributed by atoms with E-state index in [0.717, 1.165) is 27.9 Å². The highest BCUT2D eigenvalue weighted by atomic mass is 32.2. The SMILES string of the molecule is Cc1cccc(OC[C@H](O)CSc2nnc3nc(C)cc(C)n23)c1. The van der Waals surface area contributed by atoms with Crippen LogP contribution in [0.4, 0.5) is 0 Å². The molecule has 1 aromatic carbocycles. The number of thioether (sulfide) groups is 1. The lowest BCUT2D eigenvalue weighted by Crippen LogP contribution is -2.20. The molecular formula is C17H20N4O2S. The zero-order valence-electron chi connectivity index (χ0n) is 13.9. The highest BCUT2D eigenvalue weighted by Crippen LogP contribution is 2.20. The molecule has 2 aromatic heterocycles. The van der Waals surface area contributed by atoms with Crippen LogP contribution in [-0.4, -0.2) is 43.2 Å². The average molecular weight is 344 g/mol. The Kier molecular flexibility index (Phi) is 5.01. The fourth-order valence-electron chi connectivity index (χ4n) is 2.41. The van der Waals surface area contributed by atoms with Crippen molar-refractivity contribution < 1.29 is 9.84 Å². The van der Waals surface area contributed by atoms with E-state index in [1.165, 1.54) is 11.8 Å². The van der Waals surface area contributed by atoms with Crippen LogP contribution in [0, 0.1) is 20.8 Å². The van der Waals surface area contributed by atoms with Crippen LogP contribution in [0.25, 0.3) is 5.78 Å². The van der Waals surface area contributed by atoms with Gasteiger partial charge in [0.2, 0.25) is 0 Å². The second kappa shape index (κ2) is 7.19. The van der Waals surface area contributed by atoms with Crippen molar-refractivity contribution in [1.82, 2.24) is 19.6 Å². The van der Waals surface area contributed by atoms with Crippen molar-refractivity contribution in [1.29, 1.82) is 0 Å². The number of nitrogens with zero attached hydrogens (tertiary/aromatic N) is 4. The van der Waals surface area contributed by atoms with Gasteiger partial charge in [-0.05, 0) is 44.5 Å². The zero-order valence-corrected chi connectivity index (χ0v) is 14.7. The second-order valence-electron chi connectivity index (χ2n) is 5.75. The zero-order chi connectivity index (χ0) is 17.1. The molecule has 0 bridgehead atoms. The van der Waals surface area contributed by atoms with Crippen LogP contribution < -0.4 is 4.74 Å². The Bertz CT molecular complexity index is 850. The Hall–Kier alpha value is -2.12. The first-order valence-corrected chi connectivity index (χ1v) is 8.71. The molecule has 0 amide bonds. The molecule has 3 aromatic rings. The third kappa shape index (κ3) is 3.85. The van der Waals surface area contributed by atoms with E-state index >= 15 is 0 Å². The van der Waals surface area contributed by atoms with Gasteiger partial charge < -0.3 is 9.84 Å². The van der Waals surface area contributed by atoms with E-state index < -0.39 is 6.10 Å². The summed E-state index contributed by atoms with van der Waals surface area (Å²) in [5.41, 5.74) is 3.07. The van der Waals surface area contributed by atoms with Gasteiger partial charge in [-0.15, -0.1) is 10.2 Å². The van der Waals surface area contributed by atoms with Gasteiger partial charge in [-0.1, -0.05) is 23.9 Å². The summed E-state index contributed by atoms with van der Waals surface area (Å²) >= 11 is 1.44. The molecule has 0 unspecified atom stereocenters. The van der Waals surface area contributed by atoms with Crippen LogP contribution in [-0.2, 0) is 0 Å². The summed E-state index contributed by atoms with van der Waals surface area (Å²) in [7, 11) is 0. The van der Waals surface area contributed by atoms with Gasteiger partial charge in [0.05, 0.1) is 6.10 Å². The van der Waals surface area contributed by atoms with Crippen LogP contribution >= 0.6 is 11.8 Å². The van der Waals surface area contributed by atoms with E-state index in [9.17, 15) is 5.11 Å². The average Bonchev–Trinajstić information content (AvgIpc) is 2.94. The number of aliphatic hydroxyl groups is 1. The number of ether oxygens (including phenoxy) is 1. The van der Waals surface area contributed by atoms with E-state index in [1.54, 1.807) is 0 Å². The van der Waals surface area contributed by atoms with Crippen molar-refractivity contribution in [3.05, 3.63) is 47.3 Å². The van der Waals surface area contributed by atoms with Gasteiger partial charge in [0.25, 0.3) is 5.78 Å². The van der Waals surface area contributed by atoms with Crippen LogP contribution in [0.2, 0.25) is 0 Å². The van der Waals surface area contributed by atoms with Crippen LogP contribution in [0.1, 0.15) is 17.0 Å². The molecule has 126 valence electrons. The predicted octanol–water partition coefficient (Wildman–Crippen LogP) is 2.58. The minimum absolute atomic E-state index is 0.240. The van der Waals surface area contributed by atoms with Crippen LogP contribution in [0.3, 0.4) is 0 Å². The summed E-state index contributed by atoms with van der Waals surface area (Å²) in [5.74, 6) is 1.82. The summed E-state index contributed by atoms with van der Waals surface area (Å²) in [6.07, 6.45) is -0.596. The maximum absolute atomic E-state index is 10.1. The maximum atomic E-state index is 10.1. The number of hydrogen-bond acceptors (Lipinski definition) is 6. The summed E-state index contributed by atoms with van der Waals surface area (Å²) in [5, 5.41) is 19.1. The van der Waals surface area contributed by atoms with Crippen molar-refractivity contribution in [2.75, 3.05) is 12.4 Å². The Labute approximate surface area is 144 Å². The van der Waals surface area contributed by atoms with E-state index in [4.69, 9.17) is 4.74 Å². The van der Waals surface area contributed by atoms with E-state index in [1.807, 2.05) is 55.5 Å².